The van der Waals surface area contributed by atoms with Crippen molar-refractivity contribution in [1.82, 2.24) is 5.32 Å². The predicted molar refractivity (Wildman–Crippen MR) is 58.4 cm³/mol. The van der Waals surface area contributed by atoms with Crippen LogP contribution in [-0.4, -0.2) is 17.1 Å². The number of hydrogen-bond acceptors (Lipinski definition) is 3. The Morgan fingerprint density at radius 3 is 2.56 bits per heavy atom. The Kier molecular flexibility index (Phi) is 3.24. The molecule has 1 N–H and O–H groups in total. The lowest BCUT2D eigenvalue weighted by molar-refractivity contribution is -0.132. The highest BCUT2D eigenvalue weighted by molar-refractivity contribution is 8.00. The van der Waals surface area contributed by atoms with Crippen LogP contribution in [0.2, 0.25) is 0 Å². The molecular formula is C11H10FNO2S. The van der Waals surface area contributed by atoms with Gasteiger partial charge in [-0.05, 0) is 30.7 Å². The van der Waals surface area contributed by atoms with Crippen molar-refractivity contribution in [2.24, 2.45) is 0 Å². The van der Waals surface area contributed by atoms with Crippen molar-refractivity contribution in [3.05, 3.63) is 30.1 Å². The van der Waals surface area contributed by atoms with E-state index in [1.165, 1.54) is 23.9 Å². The van der Waals surface area contributed by atoms with E-state index in [0.717, 1.165) is 4.90 Å². The highest BCUT2D eigenvalue weighted by atomic mass is 32.2. The highest BCUT2D eigenvalue weighted by Gasteiger charge is 2.27. The molecule has 5 heteroatoms. The van der Waals surface area contributed by atoms with Gasteiger partial charge in [-0.1, -0.05) is 0 Å². The van der Waals surface area contributed by atoms with E-state index in [1.54, 1.807) is 12.1 Å². The topological polar surface area (TPSA) is 46.2 Å². The van der Waals surface area contributed by atoms with Crippen molar-refractivity contribution in [1.29, 1.82) is 0 Å². The van der Waals surface area contributed by atoms with Crippen LogP contribution in [0.4, 0.5) is 4.39 Å². The number of imide groups is 1. The van der Waals surface area contributed by atoms with E-state index in [1.807, 2.05) is 0 Å². The average molecular weight is 239 g/mol. The molecule has 1 aromatic rings. The standard InChI is InChI=1S/C11H10FNO2S/c12-7-1-3-8(4-2-7)16-9-5-6-10(14)13-11(9)15/h1-4,9H,5-6H2,(H,13,14,15)/t9-/m0/s1. The van der Waals surface area contributed by atoms with Crippen LogP contribution in [0.5, 0.6) is 0 Å². The van der Waals surface area contributed by atoms with Crippen LogP contribution in [0.3, 0.4) is 0 Å². The molecule has 0 saturated carbocycles. The Balaban J connectivity index is 2.02. The van der Waals surface area contributed by atoms with Gasteiger partial charge in [0.25, 0.3) is 0 Å². The molecule has 16 heavy (non-hydrogen) atoms. The zero-order valence-electron chi connectivity index (χ0n) is 8.40. The van der Waals surface area contributed by atoms with Gasteiger partial charge in [-0.25, -0.2) is 4.39 Å². The Labute approximate surface area is 96.4 Å². The van der Waals surface area contributed by atoms with Crippen molar-refractivity contribution >= 4 is 23.6 Å². The van der Waals surface area contributed by atoms with Gasteiger partial charge in [-0.3, -0.25) is 14.9 Å². The first-order valence-electron chi connectivity index (χ1n) is 4.91. The molecule has 1 heterocycles. The number of carbonyl (C=O) groups is 2. The number of piperidine rings is 1. The number of thioether (sulfide) groups is 1. The summed E-state index contributed by atoms with van der Waals surface area (Å²) in [5.41, 5.74) is 0. The van der Waals surface area contributed by atoms with E-state index in [-0.39, 0.29) is 22.9 Å². The zero-order valence-corrected chi connectivity index (χ0v) is 9.22. The fraction of sp³-hybridized carbons (Fsp3) is 0.273. The smallest absolute Gasteiger partial charge is 0.240 e. The normalized spacial score (nSPS) is 20.7. The monoisotopic (exact) mass is 239 g/mol. The third kappa shape index (κ3) is 2.61. The molecule has 3 nitrogen and oxygen atoms in total. The van der Waals surface area contributed by atoms with Gasteiger partial charge in [0.2, 0.25) is 11.8 Å². The Morgan fingerprint density at radius 1 is 1.25 bits per heavy atom. The van der Waals surface area contributed by atoms with E-state index < -0.39 is 0 Å². The molecule has 0 aromatic heterocycles. The van der Waals surface area contributed by atoms with Gasteiger partial charge in [-0.2, -0.15) is 0 Å². The maximum atomic E-state index is 12.7. The molecule has 1 saturated heterocycles. The molecule has 2 amide bonds. The molecule has 0 unspecified atom stereocenters. The summed E-state index contributed by atoms with van der Waals surface area (Å²) in [5.74, 6) is -0.779. The molecule has 1 atom stereocenters. The second kappa shape index (κ2) is 4.65. The molecule has 0 radical (unpaired) electrons. The van der Waals surface area contributed by atoms with E-state index in [0.29, 0.717) is 12.8 Å². The van der Waals surface area contributed by atoms with Crippen LogP contribution in [0, 0.1) is 5.82 Å². The van der Waals surface area contributed by atoms with Crippen molar-refractivity contribution in [3.8, 4) is 0 Å². The Morgan fingerprint density at radius 2 is 1.94 bits per heavy atom. The van der Waals surface area contributed by atoms with E-state index in [4.69, 9.17) is 0 Å². The second-order valence-electron chi connectivity index (χ2n) is 3.51. The summed E-state index contributed by atoms with van der Waals surface area (Å²) >= 11 is 1.35. The molecule has 0 spiro atoms. The largest absolute Gasteiger partial charge is 0.295 e. The molecule has 2 rings (SSSR count). The Bertz CT molecular complexity index is 418. The van der Waals surface area contributed by atoms with E-state index >= 15 is 0 Å². The summed E-state index contributed by atoms with van der Waals surface area (Å²) in [7, 11) is 0. The van der Waals surface area contributed by atoms with Gasteiger partial charge in [0.05, 0.1) is 5.25 Å². The fourth-order valence-electron chi connectivity index (χ4n) is 1.46. The van der Waals surface area contributed by atoms with Gasteiger partial charge in [-0.15, -0.1) is 11.8 Å². The van der Waals surface area contributed by atoms with Gasteiger partial charge in [0.15, 0.2) is 0 Å². The second-order valence-corrected chi connectivity index (χ2v) is 4.79. The summed E-state index contributed by atoms with van der Waals surface area (Å²) in [4.78, 5) is 23.2. The number of amides is 2. The number of rotatable bonds is 2. The molecule has 1 aliphatic rings. The van der Waals surface area contributed by atoms with Crippen molar-refractivity contribution < 1.29 is 14.0 Å². The third-order valence-electron chi connectivity index (χ3n) is 2.28. The minimum Gasteiger partial charge on any atom is -0.295 e. The molecule has 84 valence electrons. The highest BCUT2D eigenvalue weighted by Crippen LogP contribution is 2.28. The van der Waals surface area contributed by atoms with Gasteiger partial charge in [0.1, 0.15) is 5.82 Å². The number of nitrogens with one attached hydrogen (secondary N) is 1. The molecule has 1 fully saturated rings. The fourth-order valence-corrected chi connectivity index (χ4v) is 2.49. The lowest BCUT2D eigenvalue weighted by Crippen LogP contribution is -2.42. The van der Waals surface area contributed by atoms with E-state index in [2.05, 4.69) is 5.32 Å². The quantitative estimate of drug-likeness (QED) is 0.799. The first-order valence-corrected chi connectivity index (χ1v) is 5.79. The van der Waals surface area contributed by atoms with Crippen LogP contribution in [0.1, 0.15) is 12.8 Å². The summed E-state index contributed by atoms with van der Waals surface area (Å²) in [6.07, 6.45) is 0.900. The SMILES string of the molecule is O=C1CC[C@H](Sc2ccc(F)cc2)C(=O)N1. The number of hydrogen-bond donors (Lipinski definition) is 1. The summed E-state index contributed by atoms with van der Waals surface area (Å²) in [6, 6.07) is 5.97. The number of benzene rings is 1. The molecule has 0 bridgehead atoms. The molecular weight excluding hydrogens is 229 g/mol. The predicted octanol–water partition coefficient (Wildman–Crippen LogP) is 1.72. The minimum absolute atomic E-state index is 0.221. The van der Waals surface area contributed by atoms with Crippen LogP contribution in [-0.2, 0) is 9.59 Å². The summed E-state index contributed by atoms with van der Waals surface area (Å²) in [6.45, 7) is 0. The minimum atomic E-state index is -0.298. The first kappa shape index (κ1) is 11.1. The Hall–Kier alpha value is -1.36. The average Bonchev–Trinajstić information content (AvgIpc) is 2.25. The van der Waals surface area contributed by atoms with Crippen LogP contribution >= 0.6 is 11.8 Å². The third-order valence-corrected chi connectivity index (χ3v) is 3.56. The van der Waals surface area contributed by atoms with Crippen molar-refractivity contribution in [2.45, 2.75) is 23.0 Å². The summed E-state index contributed by atoms with van der Waals surface area (Å²) in [5, 5.41) is 2.03. The van der Waals surface area contributed by atoms with Crippen LogP contribution in [0.15, 0.2) is 29.2 Å². The van der Waals surface area contributed by atoms with E-state index in [9.17, 15) is 14.0 Å². The van der Waals surface area contributed by atoms with Gasteiger partial charge in [0, 0.05) is 11.3 Å². The maximum Gasteiger partial charge on any atom is 0.240 e. The molecule has 1 aliphatic heterocycles. The molecule has 1 aromatic carbocycles. The molecule has 0 aliphatic carbocycles. The summed E-state index contributed by atoms with van der Waals surface area (Å²) < 4.78 is 12.7. The lowest BCUT2D eigenvalue weighted by atomic mass is 10.1. The zero-order chi connectivity index (χ0) is 11.5. The van der Waals surface area contributed by atoms with Crippen molar-refractivity contribution in [2.75, 3.05) is 0 Å². The lowest BCUT2D eigenvalue weighted by Gasteiger charge is -2.20. The van der Waals surface area contributed by atoms with Gasteiger partial charge >= 0.3 is 0 Å². The number of carbonyl (C=O) groups excluding carboxylic acids is 2. The van der Waals surface area contributed by atoms with Gasteiger partial charge < -0.3 is 0 Å². The van der Waals surface area contributed by atoms with Crippen molar-refractivity contribution in [3.63, 3.8) is 0 Å². The first-order chi connectivity index (χ1) is 7.65. The van der Waals surface area contributed by atoms with Crippen LogP contribution in [0.25, 0.3) is 0 Å². The maximum absolute atomic E-state index is 12.7. The van der Waals surface area contributed by atoms with Crippen LogP contribution < -0.4 is 5.32 Å². The number of halogens is 1.